The number of carbonyl (C=O) groups is 1. The Morgan fingerprint density at radius 3 is 2.82 bits per heavy atom. The van der Waals surface area contributed by atoms with Crippen LogP contribution < -0.4 is 16.0 Å². The van der Waals surface area contributed by atoms with Crippen molar-refractivity contribution < 1.29 is 19.0 Å². The number of nitrogens with two attached hydrogens (primary N) is 1. The first-order valence-corrected chi connectivity index (χ1v) is 10.0. The van der Waals surface area contributed by atoms with E-state index in [1.165, 1.54) is 5.56 Å². The number of hydrogen-bond donors (Lipinski definition) is 2. The summed E-state index contributed by atoms with van der Waals surface area (Å²) in [5.74, 6) is 0.0119. The van der Waals surface area contributed by atoms with Crippen LogP contribution in [0.1, 0.15) is 38.4 Å². The summed E-state index contributed by atoms with van der Waals surface area (Å²) >= 11 is 0. The second kappa shape index (κ2) is 7.17. The first kappa shape index (κ1) is 19.4. The van der Waals surface area contributed by atoms with E-state index in [1.807, 2.05) is 26.8 Å². The van der Waals surface area contributed by atoms with Gasteiger partial charge in [0, 0.05) is 18.3 Å². The lowest BCUT2D eigenvalue weighted by Crippen LogP contribution is -2.53. The van der Waals surface area contributed by atoms with Crippen LogP contribution in [0.5, 0.6) is 0 Å². The Labute approximate surface area is 165 Å². The van der Waals surface area contributed by atoms with Crippen LogP contribution in [-0.4, -0.2) is 60.9 Å². The summed E-state index contributed by atoms with van der Waals surface area (Å²) in [6.07, 6.45) is 2.27. The molecule has 2 atom stereocenters. The molecule has 8 nitrogen and oxygen atoms in total. The molecule has 8 heteroatoms. The van der Waals surface area contributed by atoms with E-state index >= 15 is 0 Å². The number of aromatic nitrogens is 1. The van der Waals surface area contributed by atoms with Crippen molar-refractivity contribution in [2.75, 3.05) is 31.2 Å². The maximum absolute atomic E-state index is 12.3. The topological polar surface area (TPSA) is 98.9 Å². The number of carbonyl (C=O) groups excluding carboxylic acids is 1. The molecule has 1 aromatic rings. The van der Waals surface area contributed by atoms with Crippen LogP contribution >= 0.6 is 0 Å². The van der Waals surface area contributed by atoms with Gasteiger partial charge in [0.2, 0.25) is 5.79 Å². The number of hydrogen-bond acceptors (Lipinski definition) is 7. The molecule has 2 saturated heterocycles. The molecular formula is C20H30N4O4. The molecule has 3 aliphatic rings. The molecule has 2 aliphatic heterocycles. The molecule has 0 bridgehead atoms. The molecule has 3 heterocycles. The fraction of sp³-hybridized carbons (Fsp3) is 0.700. The largest absolute Gasteiger partial charge is 0.444 e. The third-order valence-electron chi connectivity index (χ3n) is 5.42. The van der Waals surface area contributed by atoms with Gasteiger partial charge in [-0.05, 0) is 51.7 Å². The van der Waals surface area contributed by atoms with E-state index in [4.69, 9.17) is 24.9 Å². The molecule has 2 fully saturated rings. The van der Waals surface area contributed by atoms with Crippen molar-refractivity contribution in [1.82, 2.24) is 10.3 Å². The number of anilines is 1. The van der Waals surface area contributed by atoms with E-state index in [9.17, 15) is 4.79 Å². The Morgan fingerprint density at radius 2 is 2.11 bits per heavy atom. The third-order valence-corrected chi connectivity index (χ3v) is 5.42. The van der Waals surface area contributed by atoms with E-state index in [2.05, 4.69) is 16.3 Å². The Bertz CT molecular complexity index is 742. The van der Waals surface area contributed by atoms with E-state index in [0.29, 0.717) is 26.3 Å². The number of rotatable bonds is 2. The summed E-state index contributed by atoms with van der Waals surface area (Å²) in [6, 6.07) is 4.03. The maximum Gasteiger partial charge on any atom is 0.408 e. The Kier molecular flexibility index (Phi) is 4.97. The molecule has 4 rings (SSSR count). The average Bonchev–Trinajstić information content (AvgIpc) is 3.21. The Balaban J connectivity index is 1.51. The van der Waals surface area contributed by atoms with Gasteiger partial charge in [-0.1, -0.05) is 6.07 Å². The molecule has 0 radical (unpaired) electrons. The minimum atomic E-state index is -0.864. The van der Waals surface area contributed by atoms with Gasteiger partial charge in [0.1, 0.15) is 17.5 Å². The summed E-state index contributed by atoms with van der Waals surface area (Å²) < 4.78 is 17.3. The van der Waals surface area contributed by atoms with Crippen molar-refractivity contribution in [3.63, 3.8) is 0 Å². The van der Waals surface area contributed by atoms with Gasteiger partial charge in [-0.3, -0.25) is 0 Å². The van der Waals surface area contributed by atoms with Crippen LogP contribution in [-0.2, 0) is 27.1 Å². The Morgan fingerprint density at radius 1 is 1.36 bits per heavy atom. The molecular weight excluding hydrogens is 360 g/mol. The highest BCUT2D eigenvalue weighted by Gasteiger charge is 2.53. The zero-order valence-corrected chi connectivity index (χ0v) is 16.9. The number of pyridine rings is 1. The highest BCUT2D eigenvalue weighted by Crippen LogP contribution is 2.34. The monoisotopic (exact) mass is 390 g/mol. The lowest BCUT2D eigenvalue weighted by Gasteiger charge is -2.29. The third kappa shape index (κ3) is 3.94. The SMILES string of the molecule is CC(C)(C)OC(=O)NC1CN(c2ccc3c(n2)CC[C@H](N)C3)CC12OCCO2. The molecule has 1 amide bonds. The summed E-state index contributed by atoms with van der Waals surface area (Å²) in [6.45, 7) is 7.60. The molecule has 1 unspecified atom stereocenters. The van der Waals surface area contributed by atoms with Gasteiger partial charge >= 0.3 is 6.09 Å². The van der Waals surface area contributed by atoms with Gasteiger partial charge in [-0.25, -0.2) is 9.78 Å². The minimum absolute atomic E-state index is 0.220. The molecule has 1 aliphatic carbocycles. The molecule has 0 aromatic carbocycles. The number of nitrogens with one attached hydrogen (secondary N) is 1. The number of aryl methyl sites for hydroxylation is 1. The molecule has 1 spiro atoms. The summed E-state index contributed by atoms with van der Waals surface area (Å²) in [5.41, 5.74) is 7.86. The van der Waals surface area contributed by atoms with Crippen molar-refractivity contribution in [1.29, 1.82) is 0 Å². The first-order valence-electron chi connectivity index (χ1n) is 10.0. The Hall–Kier alpha value is -1.90. The standard InChI is InChI=1S/C20H30N4O4/c1-19(2,3)28-18(25)23-16-11-24(12-20(16)26-8-9-27-20)17-7-4-13-10-14(21)5-6-15(13)22-17/h4,7,14,16H,5-6,8-12,21H2,1-3H3,(H,23,25)/t14-,16?/m0/s1. The predicted molar refractivity (Wildman–Crippen MR) is 104 cm³/mol. The quantitative estimate of drug-likeness (QED) is 0.786. The van der Waals surface area contributed by atoms with Gasteiger partial charge < -0.3 is 30.2 Å². The van der Waals surface area contributed by atoms with Crippen LogP contribution in [0, 0.1) is 0 Å². The van der Waals surface area contributed by atoms with E-state index in [0.717, 1.165) is 30.8 Å². The first-order chi connectivity index (χ1) is 13.2. The smallest absolute Gasteiger partial charge is 0.408 e. The second-order valence-electron chi connectivity index (χ2n) is 8.87. The van der Waals surface area contributed by atoms with Gasteiger partial charge in [0.05, 0.1) is 19.8 Å². The van der Waals surface area contributed by atoms with Gasteiger partial charge in [-0.2, -0.15) is 0 Å². The molecule has 154 valence electrons. The van der Waals surface area contributed by atoms with Crippen LogP contribution in [0.25, 0.3) is 0 Å². The summed E-state index contributed by atoms with van der Waals surface area (Å²) in [5, 5.41) is 2.94. The number of nitrogens with zero attached hydrogens (tertiary/aromatic N) is 2. The van der Waals surface area contributed by atoms with Gasteiger partial charge in [-0.15, -0.1) is 0 Å². The van der Waals surface area contributed by atoms with Crippen molar-refractivity contribution in [3.8, 4) is 0 Å². The number of ether oxygens (including phenoxy) is 3. The highest BCUT2D eigenvalue weighted by atomic mass is 16.7. The number of fused-ring (bicyclic) bond motifs is 1. The van der Waals surface area contributed by atoms with E-state index < -0.39 is 17.5 Å². The van der Waals surface area contributed by atoms with Crippen LogP contribution in [0.2, 0.25) is 0 Å². The number of alkyl carbamates (subject to hydrolysis) is 1. The summed E-state index contributed by atoms with van der Waals surface area (Å²) in [4.78, 5) is 19.3. The zero-order chi connectivity index (χ0) is 19.9. The minimum Gasteiger partial charge on any atom is -0.444 e. The number of amides is 1. The lowest BCUT2D eigenvalue weighted by atomic mass is 9.92. The fourth-order valence-electron chi connectivity index (χ4n) is 4.15. The second-order valence-corrected chi connectivity index (χ2v) is 8.87. The highest BCUT2D eigenvalue weighted by molar-refractivity contribution is 5.68. The van der Waals surface area contributed by atoms with Crippen LogP contribution in [0.4, 0.5) is 10.6 Å². The van der Waals surface area contributed by atoms with Gasteiger partial charge in [0.25, 0.3) is 0 Å². The predicted octanol–water partition coefficient (Wildman–Crippen LogP) is 1.35. The molecule has 3 N–H and O–H groups in total. The molecule has 28 heavy (non-hydrogen) atoms. The zero-order valence-electron chi connectivity index (χ0n) is 16.9. The van der Waals surface area contributed by atoms with Crippen LogP contribution in [0.3, 0.4) is 0 Å². The lowest BCUT2D eigenvalue weighted by molar-refractivity contribution is -0.153. The van der Waals surface area contributed by atoms with Crippen molar-refractivity contribution in [3.05, 3.63) is 23.4 Å². The van der Waals surface area contributed by atoms with Crippen LogP contribution in [0.15, 0.2) is 12.1 Å². The van der Waals surface area contributed by atoms with Gasteiger partial charge in [0.15, 0.2) is 0 Å². The average molecular weight is 390 g/mol. The fourth-order valence-corrected chi connectivity index (χ4v) is 4.15. The molecule has 1 aromatic heterocycles. The van der Waals surface area contributed by atoms with E-state index in [-0.39, 0.29) is 12.1 Å². The van der Waals surface area contributed by atoms with Crippen molar-refractivity contribution >= 4 is 11.9 Å². The van der Waals surface area contributed by atoms with E-state index in [1.54, 1.807) is 0 Å². The van der Waals surface area contributed by atoms with Crippen molar-refractivity contribution in [2.24, 2.45) is 5.73 Å². The summed E-state index contributed by atoms with van der Waals surface area (Å²) in [7, 11) is 0. The normalized spacial score (nSPS) is 26.4. The van der Waals surface area contributed by atoms with Crippen molar-refractivity contribution in [2.45, 2.75) is 63.5 Å². The maximum atomic E-state index is 12.3. The molecule has 0 saturated carbocycles.